The molecule has 4 aromatic rings. The molecule has 29 heavy (non-hydrogen) atoms. The Hall–Kier alpha value is -3.30. The van der Waals surface area contributed by atoms with Crippen molar-refractivity contribution in [2.45, 2.75) is 6.42 Å². The molecule has 0 bridgehead atoms. The summed E-state index contributed by atoms with van der Waals surface area (Å²) in [5.41, 5.74) is 8.74. The number of benzene rings is 1. The van der Waals surface area contributed by atoms with Crippen LogP contribution < -0.4 is 10.6 Å². The third-order valence-electron chi connectivity index (χ3n) is 4.22. The molecule has 2 N–H and O–H groups in total. The lowest BCUT2D eigenvalue weighted by Crippen LogP contribution is -2.37. The van der Waals surface area contributed by atoms with Crippen LogP contribution in [0.25, 0.3) is 16.9 Å². The van der Waals surface area contributed by atoms with Crippen LogP contribution in [0.3, 0.4) is 0 Å². The maximum Gasteiger partial charge on any atom is 0.321 e. The van der Waals surface area contributed by atoms with Crippen LogP contribution in [0.2, 0.25) is 4.34 Å². The summed E-state index contributed by atoms with van der Waals surface area (Å²) < 4.78 is 2.14. The molecule has 0 atom stereocenters. The van der Waals surface area contributed by atoms with Gasteiger partial charge in [0.25, 0.3) is 0 Å². The maximum atomic E-state index is 12.0. The van der Waals surface area contributed by atoms with Gasteiger partial charge in [0.15, 0.2) is 5.13 Å². The molecule has 3 aromatic heterocycles. The first-order valence-corrected chi connectivity index (χ1v) is 9.91. The van der Waals surface area contributed by atoms with Gasteiger partial charge in [-0.2, -0.15) is 0 Å². The molecule has 0 fully saturated rings. The van der Waals surface area contributed by atoms with E-state index < -0.39 is 6.03 Å². The fraction of sp³-hybridized carbons (Fsp3) is 0.105. The van der Waals surface area contributed by atoms with Crippen molar-refractivity contribution in [2.75, 3.05) is 11.4 Å². The summed E-state index contributed by atoms with van der Waals surface area (Å²) in [6.45, 7) is 0.362. The molecule has 0 aliphatic rings. The second-order valence-electron chi connectivity index (χ2n) is 6.07. The summed E-state index contributed by atoms with van der Waals surface area (Å²) in [5, 5.41) is 8.21. The van der Waals surface area contributed by atoms with Crippen LogP contribution in [0.15, 0.2) is 61.1 Å². The second kappa shape index (κ2) is 8.38. The molecule has 146 valence electrons. The van der Waals surface area contributed by atoms with Crippen LogP contribution in [-0.2, 0) is 6.42 Å². The predicted molar refractivity (Wildman–Crippen MR) is 112 cm³/mol. The molecule has 0 saturated carbocycles. The zero-order valence-electron chi connectivity index (χ0n) is 15.1. The molecule has 1 aromatic carbocycles. The van der Waals surface area contributed by atoms with Crippen LogP contribution in [-0.4, -0.2) is 37.5 Å². The fourth-order valence-electron chi connectivity index (χ4n) is 2.77. The number of halogens is 1. The van der Waals surface area contributed by atoms with E-state index in [9.17, 15) is 4.79 Å². The molecule has 4 rings (SSSR count). The molecule has 0 unspecified atom stereocenters. The Bertz CT molecular complexity index is 1100. The number of hydrogen-bond donors (Lipinski definition) is 1. The Balaban J connectivity index is 1.56. The van der Waals surface area contributed by atoms with Gasteiger partial charge in [0, 0.05) is 30.4 Å². The maximum absolute atomic E-state index is 12.0. The molecule has 0 aliphatic heterocycles. The quantitative estimate of drug-likeness (QED) is 0.508. The molecule has 3 heterocycles. The number of carbonyl (C=O) groups is 1. The van der Waals surface area contributed by atoms with Crippen molar-refractivity contribution in [1.29, 1.82) is 0 Å². The highest BCUT2D eigenvalue weighted by Gasteiger charge is 2.20. The van der Waals surface area contributed by atoms with E-state index in [0.29, 0.717) is 28.1 Å². The molecule has 8 nitrogen and oxygen atoms in total. The number of urea groups is 1. The number of hydrogen-bond acceptors (Lipinski definition) is 6. The number of rotatable bonds is 6. The summed E-state index contributed by atoms with van der Waals surface area (Å²) in [4.78, 5) is 22.2. The molecule has 0 radical (unpaired) electrons. The number of amides is 2. The summed E-state index contributed by atoms with van der Waals surface area (Å²) in [5.74, 6) is 0. The smallest absolute Gasteiger partial charge is 0.321 e. The van der Waals surface area contributed by atoms with Gasteiger partial charge in [-0.05, 0) is 24.3 Å². The summed E-state index contributed by atoms with van der Waals surface area (Å²) in [6, 6.07) is 12.6. The highest BCUT2D eigenvalue weighted by atomic mass is 35.5. The summed E-state index contributed by atoms with van der Waals surface area (Å²) >= 11 is 7.64. The van der Waals surface area contributed by atoms with Crippen molar-refractivity contribution in [3.63, 3.8) is 0 Å². The Morgan fingerprint density at radius 1 is 1.17 bits per heavy atom. The Morgan fingerprint density at radius 3 is 2.66 bits per heavy atom. The monoisotopic (exact) mass is 425 g/mol. The van der Waals surface area contributed by atoms with Gasteiger partial charge < -0.3 is 5.73 Å². The molecule has 2 amide bonds. The number of carbonyl (C=O) groups excluding carboxylic acids is 1. The second-order valence-corrected chi connectivity index (χ2v) is 7.65. The van der Waals surface area contributed by atoms with Crippen molar-refractivity contribution < 1.29 is 4.79 Å². The zero-order chi connectivity index (χ0) is 20.2. The number of anilines is 1. The van der Waals surface area contributed by atoms with E-state index in [1.54, 1.807) is 23.3 Å². The van der Waals surface area contributed by atoms with E-state index in [1.807, 2.05) is 42.5 Å². The fourth-order valence-corrected chi connectivity index (χ4v) is 3.98. The zero-order valence-corrected chi connectivity index (χ0v) is 16.7. The van der Waals surface area contributed by atoms with Crippen molar-refractivity contribution in [3.8, 4) is 16.9 Å². The van der Waals surface area contributed by atoms with Crippen molar-refractivity contribution in [3.05, 3.63) is 71.1 Å². The van der Waals surface area contributed by atoms with E-state index in [0.717, 1.165) is 16.9 Å². The third kappa shape index (κ3) is 4.25. The standard InChI is InChI=1S/C19H16ClN7OS/c20-17-16(13-4-6-15(7-5-13)27-12-10-23-25-27)24-19(29-17)26(18(21)28)11-8-14-3-1-2-9-22-14/h1-7,9-10,12H,8,11H2,(H2,21,28). The lowest BCUT2D eigenvalue weighted by molar-refractivity contribution is 0.254. The first-order valence-electron chi connectivity index (χ1n) is 8.72. The first-order chi connectivity index (χ1) is 14.1. The van der Waals surface area contributed by atoms with E-state index in [-0.39, 0.29) is 0 Å². The van der Waals surface area contributed by atoms with Crippen molar-refractivity contribution >= 4 is 34.1 Å². The largest absolute Gasteiger partial charge is 0.351 e. The SMILES string of the molecule is NC(=O)N(CCc1ccccn1)c1nc(-c2ccc(-n3ccnn3)cc2)c(Cl)s1. The number of thiazole rings is 1. The highest BCUT2D eigenvalue weighted by molar-refractivity contribution is 7.20. The molecule has 0 spiro atoms. The number of nitrogens with two attached hydrogens (primary N) is 1. The van der Waals surface area contributed by atoms with Crippen LogP contribution in [0, 0.1) is 0 Å². The van der Waals surface area contributed by atoms with E-state index >= 15 is 0 Å². The van der Waals surface area contributed by atoms with E-state index in [2.05, 4.69) is 20.3 Å². The minimum absolute atomic E-state index is 0.362. The topological polar surface area (TPSA) is 103 Å². The Kier molecular flexibility index (Phi) is 5.50. The molecular weight excluding hydrogens is 410 g/mol. The Labute approximate surface area is 175 Å². The third-order valence-corrected chi connectivity index (χ3v) is 5.49. The van der Waals surface area contributed by atoms with Gasteiger partial charge in [0.2, 0.25) is 0 Å². The van der Waals surface area contributed by atoms with Crippen LogP contribution in [0.1, 0.15) is 5.69 Å². The number of primary amides is 1. The molecule has 0 saturated heterocycles. The van der Waals surface area contributed by atoms with Crippen molar-refractivity contribution in [1.82, 2.24) is 25.0 Å². The van der Waals surface area contributed by atoms with Gasteiger partial charge in [0.05, 0.1) is 18.1 Å². The van der Waals surface area contributed by atoms with Crippen LogP contribution in [0.5, 0.6) is 0 Å². The lowest BCUT2D eigenvalue weighted by atomic mass is 10.1. The van der Waals surface area contributed by atoms with Gasteiger partial charge >= 0.3 is 6.03 Å². The number of aromatic nitrogens is 5. The lowest BCUT2D eigenvalue weighted by Gasteiger charge is -2.16. The average Bonchev–Trinajstić information content (AvgIpc) is 3.39. The normalized spacial score (nSPS) is 10.8. The first kappa shape index (κ1) is 19.0. The molecule has 10 heteroatoms. The highest BCUT2D eigenvalue weighted by Crippen LogP contribution is 2.37. The minimum Gasteiger partial charge on any atom is -0.351 e. The Morgan fingerprint density at radius 2 is 2.00 bits per heavy atom. The van der Waals surface area contributed by atoms with Gasteiger partial charge in [-0.25, -0.2) is 14.5 Å². The van der Waals surface area contributed by atoms with Gasteiger partial charge in [0.1, 0.15) is 10.0 Å². The van der Waals surface area contributed by atoms with Crippen LogP contribution >= 0.6 is 22.9 Å². The average molecular weight is 426 g/mol. The molecule has 0 aliphatic carbocycles. The minimum atomic E-state index is -0.584. The van der Waals surface area contributed by atoms with Crippen molar-refractivity contribution in [2.24, 2.45) is 5.73 Å². The van der Waals surface area contributed by atoms with Gasteiger partial charge in [-0.1, -0.05) is 46.4 Å². The van der Waals surface area contributed by atoms with Crippen LogP contribution in [0.4, 0.5) is 9.93 Å². The summed E-state index contributed by atoms with van der Waals surface area (Å²) in [7, 11) is 0. The number of pyridine rings is 1. The van der Waals surface area contributed by atoms with Gasteiger partial charge in [-0.15, -0.1) is 5.10 Å². The summed E-state index contributed by atoms with van der Waals surface area (Å²) in [6.07, 6.45) is 5.64. The van der Waals surface area contributed by atoms with Gasteiger partial charge in [-0.3, -0.25) is 9.88 Å². The van der Waals surface area contributed by atoms with E-state index in [1.165, 1.54) is 16.2 Å². The van der Waals surface area contributed by atoms with E-state index in [4.69, 9.17) is 17.3 Å². The predicted octanol–water partition coefficient (Wildman–Crippen LogP) is 3.57. The molecular formula is C19H16ClN7OS. The number of nitrogens with zero attached hydrogens (tertiary/aromatic N) is 6.